The van der Waals surface area contributed by atoms with Crippen LogP contribution in [0.1, 0.15) is 0 Å². The van der Waals surface area contributed by atoms with Gasteiger partial charge in [0.1, 0.15) is 0 Å². The van der Waals surface area contributed by atoms with Crippen molar-refractivity contribution in [2.24, 2.45) is 0 Å². The molecule has 0 spiro atoms. The molecule has 0 fully saturated rings. The van der Waals surface area contributed by atoms with Gasteiger partial charge in [0.05, 0.1) is 0 Å². The van der Waals surface area contributed by atoms with E-state index in [1.807, 2.05) is 0 Å². The minimum absolute atomic E-state index is 3.23. The Morgan fingerprint density at radius 3 is 0.526 bits per heavy atom. The summed E-state index contributed by atoms with van der Waals surface area (Å²) >= 11 is -10.8. The molecule has 0 aromatic heterocycles. The zero-order valence-corrected chi connectivity index (χ0v) is 9.55. The van der Waals surface area contributed by atoms with Gasteiger partial charge in [-0.1, -0.05) is 0 Å². The summed E-state index contributed by atoms with van der Waals surface area (Å²) in [7, 11) is 0. The van der Waals surface area contributed by atoms with E-state index < -0.39 is 35.9 Å². The third-order valence-corrected chi connectivity index (χ3v) is 9.66. The van der Waals surface area contributed by atoms with Crippen LogP contribution in [-0.2, 0) is 13.9 Å². The van der Waals surface area contributed by atoms with E-state index in [1.165, 1.54) is 0 Å². The first-order valence-electron chi connectivity index (χ1n) is 3.09. The number of nitro groups is 6. The molecular formula is N6O12Rh-3. The molecule has 0 aromatic rings. The van der Waals surface area contributed by atoms with E-state index in [2.05, 4.69) is 0 Å². The van der Waals surface area contributed by atoms with E-state index in [4.69, 9.17) is 0 Å². The van der Waals surface area contributed by atoms with E-state index in [9.17, 15) is 60.7 Å². The standard InChI is InChI=1S/6NO2.Rh/c6*2-1-3;/q;;;;;;-3. The Kier molecular flexibility index (Phi) is 2.76. The first-order valence-corrected chi connectivity index (χ1v) is 7.48. The molecule has 114 valence electrons. The third-order valence-electron chi connectivity index (χ3n) is 1.63. The summed E-state index contributed by atoms with van der Waals surface area (Å²) in [6, 6.07) is 0. The van der Waals surface area contributed by atoms with Crippen LogP contribution in [-0.4, -0.2) is 22.0 Å². The SMILES string of the molecule is O=[N+]([O-])[Rh-3]([N+](=O)[O-])([N+](=O)[O-])([N+](=O)[O-])([N+](=O)[O-])[N+](=O)[O-]. The van der Waals surface area contributed by atoms with Crippen molar-refractivity contribution in [3.63, 3.8) is 0 Å². The predicted octanol–water partition coefficient (Wildman–Crippen LogP) is -1.64. The van der Waals surface area contributed by atoms with Crippen molar-refractivity contribution in [2.75, 3.05) is 0 Å². The van der Waals surface area contributed by atoms with Gasteiger partial charge in [0.2, 0.25) is 0 Å². The molecule has 0 N–H and O–H groups in total. The Morgan fingerprint density at radius 2 is 0.526 bits per heavy atom. The first-order chi connectivity index (χ1) is 8.34. The van der Waals surface area contributed by atoms with E-state index in [1.54, 1.807) is 0 Å². The van der Waals surface area contributed by atoms with Crippen LogP contribution in [0.4, 0.5) is 0 Å². The molecule has 0 aromatic carbocycles. The van der Waals surface area contributed by atoms with Gasteiger partial charge in [-0.2, -0.15) is 0 Å². The Hall–Kier alpha value is -2.98. The summed E-state index contributed by atoms with van der Waals surface area (Å²) in [5, 5.41) is 63.3. The molecule has 0 unspecified atom stereocenters. The molecule has 19 heteroatoms. The molecule has 0 rings (SSSR count). The van der Waals surface area contributed by atoms with Crippen LogP contribution in [0.2, 0.25) is 0 Å². The Balaban J connectivity index is 8.00. The predicted molar refractivity (Wildman–Crippen MR) is 42.0 cm³/mol. The number of hydrogen-bond acceptors (Lipinski definition) is 12. The summed E-state index contributed by atoms with van der Waals surface area (Å²) in [5.41, 5.74) is 0. The molecule has 0 atom stereocenters. The van der Waals surface area contributed by atoms with Gasteiger partial charge in [-0.05, 0) is 0 Å². The zero-order valence-electron chi connectivity index (χ0n) is 7.92. The van der Waals surface area contributed by atoms with Crippen molar-refractivity contribution in [2.45, 2.75) is 0 Å². The van der Waals surface area contributed by atoms with Crippen molar-refractivity contribution >= 4 is 0 Å². The molecule has 0 aliphatic rings. The van der Waals surface area contributed by atoms with E-state index >= 15 is 0 Å². The fraction of sp³-hybridized carbons (Fsp3) is 0. The van der Waals surface area contributed by atoms with E-state index in [0.717, 1.165) is 0 Å². The molecule has 0 saturated heterocycles. The number of nitrogens with zero attached hydrogens (tertiary/aromatic N) is 6. The van der Waals surface area contributed by atoms with Crippen LogP contribution in [0, 0.1) is 60.7 Å². The molecule has 0 bridgehead atoms. The maximum atomic E-state index is 10.5. The minimum atomic E-state index is -10.8. The molecule has 0 saturated carbocycles. The maximum absolute atomic E-state index is 10.8. The Bertz CT molecular complexity index is 425. The second kappa shape index (κ2) is 3.28. The van der Waals surface area contributed by atoms with Crippen molar-refractivity contribution in [3.05, 3.63) is 60.7 Å². The van der Waals surface area contributed by atoms with Crippen LogP contribution in [0.25, 0.3) is 0 Å². The monoisotopic (exact) mass is 379 g/mol. The average molecular weight is 379 g/mol. The van der Waals surface area contributed by atoms with Crippen molar-refractivity contribution in [3.8, 4) is 0 Å². The van der Waals surface area contributed by atoms with Gasteiger partial charge in [0.15, 0.2) is 0 Å². The van der Waals surface area contributed by atoms with Gasteiger partial charge in [-0.3, -0.25) is 0 Å². The van der Waals surface area contributed by atoms with Crippen LogP contribution in [0.5, 0.6) is 0 Å². The Labute approximate surface area is 97.3 Å². The van der Waals surface area contributed by atoms with Crippen LogP contribution >= 0.6 is 0 Å². The zero-order chi connectivity index (χ0) is 15.9. The fourth-order valence-electron chi connectivity index (χ4n) is 0.667. The molecule has 0 radical (unpaired) electrons. The van der Waals surface area contributed by atoms with Gasteiger partial charge >= 0.3 is 96.5 Å². The van der Waals surface area contributed by atoms with Gasteiger partial charge < -0.3 is 0 Å². The van der Waals surface area contributed by atoms with Crippen molar-refractivity contribution in [1.82, 2.24) is 0 Å². The second-order valence-corrected chi connectivity index (χ2v) is 10.7. The first kappa shape index (κ1) is 16.0. The molecule has 0 aliphatic carbocycles. The van der Waals surface area contributed by atoms with Crippen LogP contribution in [0.3, 0.4) is 0 Å². The molecule has 19 heavy (non-hydrogen) atoms. The van der Waals surface area contributed by atoms with Crippen LogP contribution in [0.15, 0.2) is 0 Å². The summed E-state index contributed by atoms with van der Waals surface area (Å²) < 4.78 is -19.4. The van der Waals surface area contributed by atoms with Gasteiger partial charge in [-0.15, -0.1) is 0 Å². The fourth-order valence-corrected chi connectivity index (χ4v) is 3.94. The van der Waals surface area contributed by atoms with Crippen LogP contribution < -0.4 is 0 Å². The van der Waals surface area contributed by atoms with Gasteiger partial charge in [-0.25, -0.2) is 0 Å². The quantitative estimate of drug-likeness (QED) is 0.286. The summed E-state index contributed by atoms with van der Waals surface area (Å²) in [5.74, 6) is 0. The van der Waals surface area contributed by atoms with Crippen molar-refractivity contribution in [1.29, 1.82) is 0 Å². The van der Waals surface area contributed by atoms with Crippen molar-refractivity contribution < 1.29 is 35.9 Å². The third kappa shape index (κ3) is 0.784. The van der Waals surface area contributed by atoms with E-state index in [0.29, 0.717) is 0 Å². The van der Waals surface area contributed by atoms with E-state index in [-0.39, 0.29) is 0 Å². The van der Waals surface area contributed by atoms with Gasteiger partial charge in [0.25, 0.3) is 0 Å². The normalized spacial score (nSPS) is 14.5. The summed E-state index contributed by atoms with van der Waals surface area (Å²) in [6.07, 6.45) is 0. The van der Waals surface area contributed by atoms with Gasteiger partial charge in [0, 0.05) is 0 Å². The molecule has 0 aliphatic heterocycles. The summed E-state index contributed by atoms with van der Waals surface area (Å²) in [6.45, 7) is 0. The number of hydrogen-bond donors (Lipinski definition) is 0. The topological polar surface area (TPSA) is 259 Å². The second-order valence-electron chi connectivity index (χ2n) is 2.18. The Morgan fingerprint density at radius 1 is 0.421 bits per heavy atom. The molecular weight excluding hydrogens is 379 g/mol. The average Bonchev–Trinajstić information content (AvgIpc) is 2.15. The number of rotatable bonds is 6. The molecule has 0 amide bonds. The molecule has 18 nitrogen and oxygen atoms in total. The summed E-state index contributed by atoms with van der Waals surface area (Å²) in [4.78, 5) is 63.3. The molecule has 0 heterocycles.